The first kappa shape index (κ1) is 15.6. The lowest BCUT2D eigenvalue weighted by Crippen LogP contribution is -2.48. The first-order valence-corrected chi connectivity index (χ1v) is 8.89. The number of hydrogen-bond acceptors (Lipinski definition) is 5. The van der Waals surface area contributed by atoms with Gasteiger partial charge < -0.3 is 10.0 Å². The third kappa shape index (κ3) is 3.08. The Morgan fingerprint density at radius 2 is 2.09 bits per heavy atom. The molecule has 6 heteroatoms. The van der Waals surface area contributed by atoms with Crippen LogP contribution in [0.15, 0.2) is 18.2 Å². The zero-order chi connectivity index (χ0) is 15.6. The van der Waals surface area contributed by atoms with Gasteiger partial charge in [0, 0.05) is 29.7 Å². The zero-order valence-electron chi connectivity index (χ0n) is 12.7. The molecule has 0 atom stereocenters. The van der Waals surface area contributed by atoms with Gasteiger partial charge in [-0.25, -0.2) is 0 Å². The maximum Gasteiger partial charge on any atom is 0.292 e. The van der Waals surface area contributed by atoms with Crippen LogP contribution in [0, 0.1) is 10.1 Å². The number of thioether (sulfide) groups is 1. The molecule has 22 heavy (non-hydrogen) atoms. The van der Waals surface area contributed by atoms with E-state index in [1.165, 1.54) is 38.2 Å². The van der Waals surface area contributed by atoms with Crippen molar-refractivity contribution in [3.05, 3.63) is 33.9 Å². The smallest absolute Gasteiger partial charge is 0.292 e. The summed E-state index contributed by atoms with van der Waals surface area (Å²) in [6.45, 7) is 1.63. The Bertz CT molecular complexity index is 553. The maximum absolute atomic E-state index is 11.3. The Labute approximate surface area is 134 Å². The van der Waals surface area contributed by atoms with E-state index >= 15 is 0 Å². The Hall–Kier alpha value is -1.27. The highest BCUT2D eigenvalue weighted by Crippen LogP contribution is 2.44. The predicted octanol–water partition coefficient (Wildman–Crippen LogP) is 3.34. The predicted molar refractivity (Wildman–Crippen MR) is 89.5 cm³/mol. The monoisotopic (exact) mass is 322 g/mol. The summed E-state index contributed by atoms with van der Waals surface area (Å²) >= 11 is 2.05. The average Bonchev–Trinajstić information content (AvgIpc) is 2.55. The fourth-order valence-corrected chi connectivity index (χ4v) is 5.19. The molecule has 0 bridgehead atoms. The molecule has 1 aromatic rings. The largest absolute Gasteiger partial charge is 0.392 e. The van der Waals surface area contributed by atoms with E-state index in [1.807, 2.05) is 11.8 Å². The molecule has 1 heterocycles. The van der Waals surface area contributed by atoms with Gasteiger partial charge in [-0.2, -0.15) is 11.8 Å². The number of benzene rings is 1. The highest BCUT2D eigenvalue weighted by Gasteiger charge is 2.38. The number of aliphatic hydroxyl groups excluding tert-OH is 1. The molecule has 1 saturated carbocycles. The topological polar surface area (TPSA) is 66.6 Å². The molecule has 1 aromatic carbocycles. The minimum Gasteiger partial charge on any atom is -0.392 e. The first-order valence-electron chi connectivity index (χ1n) is 7.91. The van der Waals surface area contributed by atoms with Crippen LogP contribution in [0.2, 0.25) is 0 Å². The van der Waals surface area contributed by atoms with Crippen LogP contribution in [0.1, 0.15) is 37.7 Å². The Morgan fingerprint density at radius 1 is 1.32 bits per heavy atom. The lowest BCUT2D eigenvalue weighted by Gasteiger charge is -2.45. The number of aliphatic hydroxyl groups is 1. The van der Waals surface area contributed by atoms with Crippen LogP contribution in [0.25, 0.3) is 0 Å². The van der Waals surface area contributed by atoms with Gasteiger partial charge >= 0.3 is 0 Å². The number of nitro groups is 1. The molecule has 1 aliphatic carbocycles. The maximum atomic E-state index is 11.3. The molecule has 120 valence electrons. The van der Waals surface area contributed by atoms with Gasteiger partial charge in [0.05, 0.1) is 11.5 Å². The molecule has 1 aliphatic heterocycles. The second-order valence-electron chi connectivity index (χ2n) is 6.25. The van der Waals surface area contributed by atoms with Crippen molar-refractivity contribution in [3.8, 4) is 0 Å². The summed E-state index contributed by atoms with van der Waals surface area (Å²) in [5.74, 6) is 1.01. The Balaban J connectivity index is 1.90. The quantitative estimate of drug-likeness (QED) is 0.683. The summed E-state index contributed by atoms with van der Waals surface area (Å²) in [4.78, 5) is 13.2. The van der Waals surface area contributed by atoms with Crippen LogP contribution in [-0.2, 0) is 6.61 Å². The number of hydrogen-bond donors (Lipinski definition) is 1. The van der Waals surface area contributed by atoms with Gasteiger partial charge in [0.25, 0.3) is 5.69 Å². The normalized spacial score (nSPS) is 21.0. The molecule has 0 radical (unpaired) electrons. The number of nitro benzene ring substituents is 1. The summed E-state index contributed by atoms with van der Waals surface area (Å²) in [5, 5.41) is 20.7. The van der Waals surface area contributed by atoms with Crippen molar-refractivity contribution >= 4 is 23.1 Å². The molecule has 3 rings (SSSR count). The van der Waals surface area contributed by atoms with E-state index in [4.69, 9.17) is 0 Å². The first-order chi connectivity index (χ1) is 10.6. The minimum atomic E-state index is -0.314. The SMILES string of the molecule is O=[N+]([O-])c1ccc(CO)cc1N1CCSC2(CCCCC2)C1. The van der Waals surface area contributed by atoms with E-state index in [1.54, 1.807) is 12.1 Å². The van der Waals surface area contributed by atoms with E-state index < -0.39 is 0 Å². The summed E-state index contributed by atoms with van der Waals surface area (Å²) in [6, 6.07) is 4.94. The van der Waals surface area contributed by atoms with Gasteiger partial charge in [0.15, 0.2) is 0 Å². The van der Waals surface area contributed by atoms with Crippen molar-refractivity contribution < 1.29 is 10.0 Å². The highest BCUT2D eigenvalue weighted by molar-refractivity contribution is 8.00. The van der Waals surface area contributed by atoms with Crippen LogP contribution in [0.5, 0.6) is 0 Å². The molecule has 0 aromatic heterocycles. The summed E-state index contributed by atoms with van der Waals surface area (Å²) in [5.41, 5.74) is 1.55. The van der Waals surface area contributed by atoms with Gasteiger partial charge in [0.2, 0.25) is 0 Å². The van der Waals surface area contributed by atoms with Crippen molar-refractivity contribution in [1.82, 2.24) is 0 Å². The minimum absolute atomic E-state index is 0.0846. The lowest BCUT2D eigenvalue weighted by molar-refractivity contribution is -0.384. The molecule has 1 spiro atoms. The summed E-state index contributed by atoms with van der Waals surface area (Å²) in [7, 11) is 0. The van der Waals surface area contributed by atoms with Crippen LogP contribution >= 0.6 is 11.8 Å². The lowest BCUT2D eigenvalue weighted by atomic mass is 9.87. The fourth-order valence-electron chi connectivity index (χ4n) is 3.62. The molecule has 1 N–H and O–H groups in total. The van der Waals surface area contributed by atoms with E-state index in [2.05, 4.69) is 4.90 Å². The summed E-state index contributed by atoms with van der Waals surface area (Å²) in [6.07, 6.45) is 6.25. The molecule has 0 amide bonds. The van der Waals surface area contributed by atoms with Gasteiger partial charge in [-0.05, 0) is 30.5 Å². The van der Waals surface area contributed by atoms with E-state index in [0.717, 1.165) is 24.4 Å². The second-order valence-corrected chi connectivity index (χ2v) is 7.81. The van der Waals surface area contributed by atoms with Gasteiger partial charge in [-0.1, -0.05) is 19.3 Å². The number of nitrogens with zero attached hydrogens (tertiary/aromatic N) is 2. The average molecular weight is 322 g/mol. The van der Waals surface area contributed by atoms with Crippen molar-refractivity contribution in [2.45, 2.75) is 43.5 Å². The highest BCUT2D eigenvalue weighted by atomic mass is 32.2. The molecule has 2 aliphatic rings. The number of anilines is 1. The Kier molecular flexibility index (Phi) is 4.59. The third-order valence-corrected chi connectivity index (χ3v) is 6.31. The van der Waals surface area contributed by atoms with Crippen LogP contribution < -0.4 is 4.90 Å². The van der Waals surface area contributed by atoms with E-state index in [9.17, 15) is 15.2 Å². The van der Waals surface area contributed by atoms with Crippen molar-refractivity contribution in [3.63, 3.8) is 0 Å². The number of rotatable bonds is 3. The van der Waals surface area contributed by atoms with Crippen LogP contribution in [-0.4, -0.2) is 33.6 Å². The molecule has 5 nitrogen and oxygen atoms in total. The van der Waals surface area contributed by atoms with Gasteiger partial charge in [-0.3, -0.25) is 10.1 Å². The summed E-state index contributed by atoms with van der Waals surface area (Å²) < 4.78 is 0.263. The van der Waals surface area contributed by atoms with E-state index in [-0.39, 0.29) is 22.0 Å². The van der Waals surface area contributed by atoms with Crippen molar-refractivity contribution in [2.24, 2.45) is 0 Å². The van der Waals surface area contributed by atoms with Gasteiger partial charge in [0.1, 0.15) is 5.69 Å². The molecule has 2 fully saturated rings. The van der Waals surface area contributed by atoms with Crippen molar-refractivity contribution in [1.29, 1.82) is 0 Å². The van der Waals surface area contributed by atoms with Gasteiger partial charge in [-0.15, -0.1) is 0 Å². The molecular weight excluding hydrogens is 300 g/mol. The molecule has 1 saturated heterocycles. The zero-order valence-corrected chi connectivity index (χ0v) is 13.5. The third-order valence-electron chi connectivity index (χ3n) is 4.77. The molecule has 0 unspecified atom stereocenters. The fraction of sp³-hybridized carbons (Fsp3) is 0.625. The van der Waals surface area contributed by atoms with Crippen LogP contribution in [0.3, 0.4) is 0 Å². The van der Waals surface area contributed by atoms with Crippen LogP contribution in [0.4, 0.5) is 11.4 Å². The Morgan fingerprint density at radius 3 is 2.77 bits per heavy atom. The van der Waals surface area contributed by atoms with Crippen molar-refractivity contribution in [2.75, 3.05) is 23.7 Å². The second kappa shape index (κ2) is 6.46. The van der Waals surface area contributed by atoms with E-state index in [0.29, 0.717) is 5.69 Å². The molecular formula is C16H22N2O3S. The standard InChI is InChI=1S/C16H22N2O3S/c19-11-13-4-5-14(18(20)21)15(10-13)17-8-9-22-16(12-17)6-2-1-3-7-16/h4-5,10,19H,1-3,6-9,11-12H2.